The molecule has 0 atom stereocenters. The SMILES string of the molecule is Brc1c2ccoc2c(C2=NCCN2)c2ccoc12. The maximum absolute atomic E-state index is 5.63. The topological polar surface area (TPSA) is 50.7 Å². The second-order valence-electron chi connectivity index (χ2n) is 4.17. The summed E-state index contributed by atoms with van der Waals surface area (Å²) in [7, 11) is 0. The second kappa shape index (κ2) is 3.62. The maximum Gasteiger partial charge on any atom is 0.149 e. The van der Waals surface area contributed by atoms with Crippen molar-refractivity contribution in [1.29, 1.82) is 0 Å². The van der Waals surface area contributed by atoms with Crippen LogP contribution in [0.5, 0.6) is 0 Å². The highest BCUT2D eigenvalue weighted by Crippen LogP contribution is 2.37. The van der Waals surface area contributed by atoms with E-state index in [0.717, 1.165) is 50.9 Å². The quantitative estimate of drug-likeness (QED) is 0.750. The molecule has 0 saturated carbocycles. The summed E-state index contributed by atoms with van der Waals surface area (Å²) in [6.45, 7) is 1.67. The van der Waals surface area contributed by atoms with Gasteiger partial charge in [0.25, 0.3) is 0 Å². The van der Waals surface area contributed by atoms with Gasteiger partial charge in [-0.25, -0.2) is 0 Å². The van der Waals surface area contributed by atoms with E-state index in [4.69, 9.17) is 8.83 Å². The molecule has 2 aromatic heterocycles. The fourth-order valence-electron chi connectivity index (χ4n) is 2.40. The lowest BCUT2D eigenvalue weighted by Gasteiger charge is -2.06. The van der Waals surface area contributed by atoms with Crippen LogP contribution in [0.1, 0.15) is 5.56 Å². The highest BCUT2D eigenvalue weighted by molar-refractivity contribution is 9.10. The minimum atomic E-state index is 0.799. The van der Waals surface area contributed by atoms with Crippen LogP contribution in [-0.4, -0.2) is 18.9 Å². The van der Waals surface area contributed by atoms with Crippen molar-refractivity contribution >= 4 is 43.7 Å². The standard InChI is InChI=1S/C13H9BrN2O2/c14-10-8-2-6-17-11(8)9(13-15-3-4-16-13)7-1-5-18-12(7)10/h1-2,5-6H,3-4H2,(H,15,16). The molecule has 0 radical (unpaired) electrons. The van der Waals surface area contributed by atoms with Crippen molar-refractivity contribution in [2.45, 2.75) is 0 Å². The average molecular weight is 305 g/mol. The Morgan fingerprint density at radius 2 is 1.89 bits per heavy atom. The van der Waals surface area contributed by atoms with Crippen LogP contribution < -0.4 is 5.32 Å². The van der Waals surface area contributed by atoms with Gasteiger partial charge in [0, 0.05) is 17.3 Å². The molecule has 3 heterocycles. The molecule has 0 aliphatic carbocycles. The van der Waals surface area contributed by atoms with Gasteiger partial charge in [-0.3, -0.25) is 4.99 Å². The van der Waals surface area contributed by atoms with Crippen LogP contribution in [0.25, 0.3) is 21.9 Å². The first kappa shape index (κ1) is 10.2. The lowest BCUT2D eigenvalue weighted by Crippen LogP contribution is -2.19. The molecule has 0 saturated heterocycles. The second-order valence-corrected chi connectivity index (χ2v) is 4.97. The van der Waals surface area contributed by atoms with Gasteiger partial charge in [-0.2, -0.15) is 0 Å². The van der Waals surface area contributed by atoms with Gasteiger partial charge in [-0.05, 0) is 28.1 Å². The normalized spacial score (nSPS) is 15.3. The predicted octanol–water partition coefficient (Wildman–Crippen LogP) is 3.29. The minimum absolute atomic E-state index is 0.799. The van der Waals surface area contributed by atoms with Crippen LogP contribution in [0, 0.1) is 0 Å². The summed E-state index contributed by atoms with van der Waals surface area (Å²) in [6, 6.07) is 3.88. The third-order valence-electron chi connectivity index (χ3n) is 3.17. The lowest BCUT2D eigenvalue weighted by atomic mass is 10.1. The molecule has 0 spiro atoms. The van der Waals surface area contributed by atoms with Gasteiger partial charge < -0.3 is 14.2 Å². The molecule has 1 aromatic carbocycles. The van der Waals surface area contributed by atoms with E-state index in [1.54, 1.807) is 12.5 Å². The Morgan fingerprint density at radius 3 is 2.67 bits per heavy atom. The third kappa shape index (κ3) is 1.22. The van der Waals surface area contributed by atoms with Crippen LogP contribution in [-0.2, 0) is 0 Å². The highest BCUT2D eigenvalue weighted by Gasteiger charge is 2.22. The molecule has 0 bridgehead atoms. The number of benzene rings is 1. The number of fused-ring (bicyclic) bond motifs is 2. The van der Waals surface area contributed by atoms with Gasteiger partial charge in [0.2, 0.25) is 0 Å². The number of nitrogens with one attached hydrogen (secondary N) is 1. The van der Waals surface area contributed by atoms with Gasteiger partial charge in [-0.15, -0.1) is 0 Å². The first-order chi connectivity index (χ1) is 8.86. The van der Waals surface area contributed by atoms with Gasteiger partial charge in [-0.1, -0.05) is 0 Å². The van der Waals surface area contributed by atoms with Gasteiger partial charge in [0.1, 0.15) is 17.0 Å². The van der Waals surface area contributed by atoms with Crippen LogP contribution in [0.4, 0.5) is 0 Å². The zero-order chi connectivity index (χ0) is 12.1. The number of amidine groups is 1. The molecule has 0 unspecified atom stereocenters. The monoisotopic (exact) mass is 304 g/mol. The van der Waals surface area contributed by atoms with Gasteiger partial charge in [0.05, 0.1) is 29.1 Å². The Kier molecular flexibility index (Phi) is 2.05. The van der Waals surface area contributed by atoms with E-state index in [0.29, 0.717) is 0 Å². The Labute approximate surface area is 111 Å². The van der Waals surface area contributed by atoms with E-state index in [1.807, 2.05) is 12.1 Å². The highest BCUT2D eigenvalue weighted by atomic mass is 79.9. The van der Waals surface area contributed by atoms with Crippen LogP contribution in [0.3, 0.4) is 0 Å². The molecule has 0 fully saturated rings. The van der Waals surface area contributed by atoms with Crippen molar-refractivity contribution in [2.75, 3.05) is 13.1 Å². The van der Waals surface area contributed by atoms with E-state index >= 15 is 0 Å². The first-order valence-corrected chi connectivity index (χ1v) is 6.50. The molecule has 4 rings (SSSR count). The van der Waals surface area contributed by atoms with Crippen LogP contribution >= 0.6 is 15.9 Å². The fourth-order valence-corrected chi connectivity index (χ4v) is 3.02. The van der Waals surface area contributed by atoms with E-state index in [-0.39, 0.29) is 0 Å². The lowest BCUT2D eigenvalue weighted by molar-refractivity contribution is 0.610. The summed E-state index contributed by atoms with van der Waals surface area (Å²) in [4.78, 5) is 4.48. The summed E-state index contributed by atoms with van der Waals surface area (Å²) < 4.78 is 12.1. The molecule has 1 aliphatic rings. The van der Waals surface area contributed by atoms with E-state index in [2.05, 4.69) is 26.2 Å². The molecule has 1 aliphatic heterocycles. The number of furan rings is 2. The molecular formula is C13H9BrN2O2. The number of hydrogen-bond acceptors (Lipinski definition) is 4. The van der Waals surface area contributed by atoms with E-state index in [1.165, 1.54) is 0 Å². The molecular weight excluding hydrogens is 296 g/mol. The summed E-state index contributed by atoms with van der Waals surface area (Å²) in [5, 5.41) is 5.30. The van der Waals surface area contributed by atoms with E-state index in [9.17, 15) is 0 Å². The van der Waals surface area contributed by atoms with Crippen LogP contribution in [0.2, 0.25) is 0 Å². The zero-order valence-corrected chi connectivity index (χ0v) is 11.0. The summed E-state index contributed by atoms with van der Waals surface area (Å²) in [6.07, 6.45) is 3.38. The molecule has 5 heteroatoms. The molecule has 18 heavy (non-hydrogen) atoms. The summed E-state index contributed by atoms with van der Waals surface area (Å²) in [5.74, 6) is 0.883. The van der Waals surface area contributed by atoms with E-state index < -0.39 is 0 Å². The number of nitrogens with zero attached hydrogens (tertiary/aromatic N) is 1. The summed E-state index contributed by atoms with van der Waals surface area (Å²) in [5.41, 5.74) is 2.65. The molecule has 90 valence electrons. The number of halogens is 1. The van der Waals surface area contributed by atoms with Crippen molar-refractivity contribution in [3.8, 4) is 0 Å². The predicted molar refractivity (Wildman–Crippen MR) is 73.1 cm³/mol. The maximum atomic E-state index is 5.63. The fraction of sp³-hybridized carbons (Fsp3) is 0.154. The summed E-state index contributed by atoms with van der Waals surface area (Å²) >= 11 is 3.57. The van der Waals surface area contributed by atoms with Crippen LogP contribution in [0.15, 0.2) is 43.0 Å². The number of rotatable bonds is 1. The first-order valence-electron chi connectivity index (χ1n) is 5.71. The van der Waals surface area contributed by atoms with Crippen molar-refractivity contribution in [3.05, 3.63) is 34.7 Å². The molecule has 1 N–H and O–H groups in total. The minimum Gasteiger partial charge on any atom is -0.464 e. The zero-order valence-electron chi connectivity index (χ0n) is 9.37. The average Bonchev–Trinajstić information content (AvgIpc) is 3.11. The molecule has 4 nitrogen and oxygen atoms in total. The Bertz CT molecular complexity index is 733. The molecule has 0 amide bonds. The Hall–Kier alpha value is -1.75. The van der Waals surface area contributed by atoms with Crippen molar-refractivity contribution in [3.63, 3.8) is 0 Å². The Morgan fingerprint density at radius 1 is 1.11 bits per heavy atom. The molecule has 3 aromatic rings. The third-order valence-corrected chi connectivity index (χ3v) is 3.96. The van der Waals surface area contributed by atoms with Crippen molar-refractivity contribution in [1.82, 2.24) is 5.32 Å². The number of hydrogen-bond donors (Lipinski definition) is 1. The van der Waals surface area contributed by atoms with Crippen molar-refractivity contribution < 1.29 is 8.83 Å². The van der Waals surface area contributed by atoms with Gasteiger partial charge >= 0.3 is 0 Å². The number of aliphatic imine (C=N–C) groups is 1. The smallest absolute Gasteiger partial charge is 0.149 e. The largest absolute Gasteiger partial charge is 0.464 e. The Balaban J connectivity index is 2.22. The van der Waals surface area contributed by atoms with Crippen molar-refractivity contribution in [2.24, 2.45) is 4.99 Å². The van der Waals surface area contributed by atoms with Gasteiger partial charge in [0.15, 0.2) is 0 Å².